The lowest BCUT2D eigenvalue weighted by molar-refractivity contribution is -0.200. The van der Waals surface area contributed by atoms with Crippen LogP contribution in [-0.4, -0.2) is 17.1 Å². The van der Waals surface area contributed by atoms with E-state index in [1.165, 1.54) is 12.5 Å². The SMILES string of the molecule is CC(=O)ON(Cc1ccc(C)cc1)C(C)C. The highest BCUT2D eigenvalue weighted by Gasteiger charge is 2.13. The Morgan fingerprint density at radius 2 is 1.88 bits per heavy atom. The Morgan fingerprint density at radius 1 is 1.31 bits per heavy atom. The number of hydroxylamine groups is 2. The van der Waals surface area contributed by atoms with Gasteiger partial charge in [-0.3, -0.25) is 4.79 Å². The Hall–Kier alpha value is -1.35. The minimum atomic E-state index is -0.277. The lowest BCUT2D eigenvalue weighted by Crippen LogP contribution is -2.32. The minimum Gasteiger partial charge on any atom is -0.368 e. The van der Waals surface area contributed by atoms with E-state index in [4.69, 9.17) is 4.84 Å². The van der Waals surface area contributed by atoms with E-state index in [-0.39, 0.29) is 12.0 Å². The number of carbonyl (C=O) groups excluding carboxylic acids is 1. The normalized spacial score (nSPS) is 10.9. The molecule has 1 rings (SSSR count). The summed E-state index contributed by atoms with van der Waals surface area (Å²) in [7, 11) is 0. The molecule has 3 nitrogen and oxygen atoms in total. The molecule has 0 fully saturated rings. The van der Waals surface area contributed by atoms with Crippen molar-refractivity contribution in [1.82, 2.24) is 5.06 Å². The van der Waals surface area contributed by atoms with E-state index in [2.05, 4.69) is 19.1 Å². The van der Waals surface area contributed by atoms with Crippen LogP contribution in [0.4, 0.5) is 0 Å². The van der Waals surface area contributed by atoms with Gasteiger partial charge in [0, 0.05) is 13.0 Å². The molecule has 0 amide bonds. The van der Waals surface area contributed by atoms with E-state index in [0.717, 1.165) is 5.56 Å². The van der Waals surface area contributed by atoms with Crippen LogP contribution < -0.4 is 0 Å². The van der Waals surface area contributed by atoms with Gasteiger partial charge >= 0.3 is 5.97 Å². The second-order valence-corrected chi connectivity index (χ2v) is 4.24. The Kier molecular flexibility index (Phi) is 4.50. The molecule has 1 aromatic carbocycles. The van der Waals surface area contributed by atoms with Crippen LogP contribution >= 0.6 is 0 Å². The minimum absolute atomic E-state index is 0.171. The van der Waals surface area contributed by atoms with Gasteiger partial charge in [-0.05, 0) is 26.3 Å². The Balaban J connectivity index is 2.67. The van der Waals surface area contributed by atoms with Gasteiger partial charge < -0.3 is 4.84 Å². The van der Waals surface area contributed by atoms with Crippen molar-refractivity contribution in [2.75, 3.05) is 0 Å². The molecule has 0 saturated carbocycles. The summed E-state index contributed by atoms with van der Waals surface area (Å²) in [5.41, 5.74) is 2.37. The number of hydrogen-bond donors (Lipinski definition) is 0. The second kappa shape index (κ2) is 5.66. The average Bonchev–Trinajstić information content (AvgIpc) is 2.19. The molecule has 3 heteroatoms. The van der Waals surface area contributed by atoms with Crippen molar-refractivity contribution in [3.63, 3.8) is 0 Å². The number of carbonyl (C=O) groups is 1. The Bertz CT molecular complexity index is 343. The molecule has 0 radical (unpaired) electrons. The van der Waals surface area contributed by atoms with Crippen LogP contribution in [0.2, 0.25) is 0 Å². The van der Waals surface area contributed by atoms with Gasteiger partial charge in [-0.25, -0.2) is 0 Å². The van der Waals surface area contributed by atoms with Crippen LogP contribution in [0.5, 0.6) is 0 Å². The van der Waals surface area contributed by atoms with Gasteiger partial charge in [0.2, 0.25) is 0 Å². The smallest absolute Gasteiger partial charge is 0.322 e. The van der Waals surface area contributed by atoms with E-state index in [1.54, 1.807) is 5.06 Å². The van der Waals surface area contributed by atoms with E-state index in [1.807, 2.05) is 26.0 Å². The van der Waals surface area contributed by atoms with Crippen molar-refractivity contribution in [1.29, 1.82) is 0 Å². The highest BCUT2D eigenvalue weighted by Crippen LogP contribution is 2.10. The first kappa shape index (κ1) is 12.7. The molecule has 0 N–H and O–H groups in total. The van der Waals surface area contributed by atoms with Gasteiger partial charge in [0.05, 0.1) is 6.54 Å². The standard InChI is InChI=1S/C13H19NO2/c1-10(2)14(16-12(4)15)9-13-7-5-11(3)6-8-13/h5-8,10H,9H2,1-4H3. The molecule has 0 spiro atoms. The number of aryl methyl sites for hydroxylation is 1. The van der Waals surface area contributed by atoms with Gasteiger partial charge in [0.1, 0.15) is 0 Å². The Morgan fingerprint density at radius 3 is 2.31 bits per heavy atom. The zero-order valence-electron chi connectivity index (χ0n) is 10.4. The number of benzene rings is 1. The van der Waals surface area contributed by atoms with E-state index >= 15 is 0 Å². The van der Waals surface area contributed by atoms with E-state index in [9.17, 15) is 4.79 Å². The molecular formula is C13H19NO2. The fourth-order valence-corrected chi connectivity index (χ4v) is 1.36. The molecule has 0 aliphatic rings. The summed E-state index contributed by atoms with van der Waals surface area (Å²) >= 11 is 0. The van der Waals surface area contributed by atoms with Crippen molar-refractivity contribution in [3.05, 3.63) is 35.4 Å². The fraction of sp³-hybridized carbons (Fsp3) is 0.462. The van der Waals surface area contributed by atoms with Crippen molar-refractivity contribution in [2.24, 2.45) is 0 Å². The first-order valence-electron chi connectivity index (χ1n) is 5.49. The summed E-state index contributed by atoms with van der Waals surface area (Å²) in [6.07, 6.45) is 0. The molecule has 0 atom stereocenters. The predicted molar refractivity (Wildman–Crippen MR) is 63.6 cm³/mol. The van der Waals surface area contributed by atoms with Gasteiger partial charge in [-0.2, -0.15) is 0 Å². The number of nitrogens with zero attached hydrogens (tertiary/aromatic N) is 1. The summed E-state index contributed by atoms with van der Waals surface area (Å²) in [6, 6.07) is 8.39. The molecule has 0 unspecified atom stereocenters. The van der Waals surface area contributed by atoms with Gasteiger partial charge in [0.25, 0.3) is 0 Å². The number of hydrogen-bond acceptors (Lipinski definition) is 3. The summed E-state index contributed by atoms with van der Waals surface area (Å²) in [5.74, 6) is -0.277. The topological polar surface area (TPSA) is 29.5 Å². The molecule has 0 aromatic heterocycles. The second-order valence-electron chi connectivity index (χ2n) is 4.24. The van der Waals surface area contributed by atoms with E-state index in [0.29, 0.717) is 6.54 Å². The third kappa shape index (κ3) is 4.03. The van der Waals surface area contributed by atoms with Crippen LogP contribution in [0.3, 0.4) is 0 Å². The van der Waals surface area contributed by atoms with Crippen LogP contribution in [0.15, 0.2) is 24.3 Å². The number of rotatable bonds is 4. The van der Waals surface area contributed by atoms with Gasteiger partial charge in [-0.1, -0.05) is 29.8 Å². The first-order valence-corrected chi connectivity index (χ1v) is 5.49. The predicted octanol–water partition coefficient (Wildman–Crippen LogP) is 2.68. The van der Waals surface area contributed by atoms with E-state index < -0.39 is 0 Å². The molecule has 88 valence electrons. The molecule has 0 aliphatic carbocycles. The third-order valence-electron chi connectivity index (χ3n) is 2.28. The van der Waals surface area contributed by atoms with Gasteiger partial charge in [-0.15, -0.1) is 5.06 Å². The molecular weight excluding hydrogens is 202 g/mol. The molecule has 0 bridgehead atoms. The quantitative estimate of drug-likeness (QED) is 0.732. The average molecular weight is 221 g/mol. The van der Waals surface area contributed by atoms with Crippen LogP contribution in [0, 0.1) is 6.92 Å². The highest BCUT2D eigenvalue weighted by atomic mass is 16.7. The highest BCUT2D eigenvalue weighted by molar-refractivity contribution is 5.65. The van der Waals surface area contributed by atoms with Crippen LogP contribution in [-0.2, 0) is 16.2 Å². The van der Waals surface area contributed by atoms with Crippen molar-refractivity contribution in [2.45, 2.75) is 40.3 Å². The first-order chi connectivity index (χ1) is 7.49. The zero-order chi connectivity index (χ0) is 12.1. The maximum atomic E-state index is 10.9. The summed E-state index contributed by atoms with van der Waals surface area (Å²) in [5, 5.41) is 1.69. The largest absolute Gasteiger partial charge is 0.368 e. The zero-order valence-corrected chi connectivity index (χ0v) is 10.4. The van der Waals surface area contributed by atoms with Crippen molar-refractivity contribution >= 4 is 5.97 Å². The molecule has 0 heterocycles. The molecule has 0 aliphatic heterocycles. The van der Waals surface area contributed by atoms with Crippen molar-refractivity contribution < 1.29 is 9.63 Å². The van der Waals surface area contributed by atoms with Crippen LogP contribution in [0.1, 0.15) is 31.9 Å². The summed E-state index contributed by atoms with van der Waals surface area (Å²) in [4.78, 5) is 16.1. The maximum absolute atomic E-state index is 10.9. The lowest BCUT2D eigenvalue weighted by Gasteiger charge is -2.24. The molecule has 0 saturated heterocycles. The lowest BCUT2D eigenvalue weighted by atomic mass is 10.1. The maximum Gasteiger partial charge on any atom is 0.322 e. The molecule has 16 heavy (non-hydrogen) atoms. The summed E-state index contributed by atoms with van der Waals surface area (Å²) < 4.78 is 0. The summed E-state index contributed by atoms with van der Waals surface area (Å²) in [6.45, 7) is 8.09. The van der Waals surface area contributed by atoms with Crippen LogP contribution in [0.25, 0.3) is 0 Å². The fourth-order valence-electron chi connectivity index (χ4n) is 1.36. The Labute approximate surface area is 97.0 Å². The van der Waals surface area contributed by atoms with Crippen molar-refractivity contribution in [3.8, 4) is 0 Å². The molecule has 1 aromatic rings. The van der Waals surface area contributed by atoms with Gasteiger partial charge in [0.15, 0.2) is 0 Å². The monoisotopic (exact) mass is 221 g/mol. The third-order valence-corrected chi connectivity index (χ3v) is 2.28.